The van der Waals surface area contributed by atoms with Crippen molar-refractivity contribution < 1.29 is 14.3 Å². The summed E-state index contributed by atoms with van der Waals surface area (Å²) in [5.41, 5.74) is 0.641. The number of epoxide rings is 1. The van der Waals surface area contributed by atoms with Crippen molar-refractivity contribution in [2.75, 3.05) is 13.2 Å². The van der Waals surface area contributed by atoms with E-state index in [1.165, 1.54) is 0 Å². The van der Waals surface area contributed by atoms with Crippen LogP contribution in [0.2, 0.25) is 0 Å². The third-order valence-corrected chi connectivity index (χ3v) is 2.38. The molecule has 1 aromatic rings. The highest BCUT2D eigenvalue weighted by atomic mass is 16.6. The maximum absolute atomic E-state index is 11.7. The van der Waals surface area contributed by atoms with Gasteiger partial charge in [-0.1, -0.05) is 0 Å². The fourth-order valence-electron chi connectivity index (χ4n) is 1.45. The number of benzene rings is 1. The zero-order chi connectivity index (χ0) is 12.3. The molecule has 1 aromatic carbocycles. The van der Waals surface area contributed by atoms with Gasteiger partial charge in [-0.3, -0.25) is 4.79 Å². The summed E-state index contributed by atoms with van der Waals surface area (Å²) in [6, 6.07) is 7.15. The molecule has 0 radical (unpaired) electrons. The molecule has 1 atom stereocenters. The third-order valence-electron chi connectivity index (χ3n) is 2.38. The molecule has 1 N–H and O–H groups in total. The van der Waals surface area contributed by atoms with Gasteiger partial charge in [0.05, 0.1) is 18.8 Å². The quantitative estimate of drug-likeness (QED) is 0.789. The van der Waals surface area contributed by atoms with E-state index in [4.69, 9.17) is 9.47 Å². The monoisotopic (exact) mass is 235 g/mol. The number of hydrogen-bond acceptors (Lipinski definition) is 3. The topological polar surface area (TPSA) is 50.9 Å². The lowest BCUT2D eigenvalue weighted by molar-refractivity contribution is 0.0950. The first-order chi connectivity index (χ1) is 8.15. The number of hydrogen-bond donors (Lipinski definition) is 1. The molecule has 0 spiro atoms. The largest absolute Gasteiger partial charge is 0.491 e. The molecule has 0 aromatic heterocycles. The van der Waals surface area contributed by atoms with Crippen LogP contribution in [0.15, 0.2) is 24.3 Å². The molecule has 17 heavy (non-hydrogen) atoms. The van der Waals surface area contributed by atoms with Gasteiger partial charge in [-0.25, -0.2) is 0 Å². The van der Waals surface area contributed by atoms with Crippen LogP contribution in [0.4, 0.5) is 0 Å². The Morgan fingerprint density at radius 2 is 2.12 bits per heavy atom. The van der Waals surface area contributed by atoms with Gasteiger partial charge in [-0.05, 0) is 38.1 Å². The van der Waals surface area contributed by atoms with E-state index in [1.807, 2.05) is 26.0 Å². The van der Waals surface area contributed by atoms with Gasteiger partial charge >= 0.3 is 0 Å². The van der Waals surface area contributed by atoms with E-state index in [-0.39, 0.29) is 18.1 Å². The molecule has 1 unspecified atom stereocenters. The molecular weight excluding hydrogens is 218 g/mol. The molecule has 0 aliphatic carbocycles. The van der Waals surface area contributed by atoms with E-state index in [0.717, 1.165) is 12.4 Å². The Labute approximate surface area is 101 Å². The van der Waals surface area contributed by atoms with Crippen molar-refractivity contribution in [1.82, 2.24) is 5.32 Å². The number of amides is 1. The second-order valence-electron chi connectivity index (χ2n) is 4.36. The highest BCUT2D eigenvalue weighted by molar-refractivity contribution is 5.94. The second kappa shape index (κ2) is 5.19. The Balaban J connectivity index is 1.89. The zero-order valence-corrected chi connectivity index (χ0v) is 10.1. The average Bonchev–Trinajstić information content (AvgIpc) is 3.10. The van der Waals surface area contributed by atoms with E-state index in [1.54, 1.807) is 12.1 Å². The Hall–Kier alpha value is -1.55. The van der Waals surface area contributed by atoms with Gasteiger partial charge in [0, 0.05) is 12.1 Å². The van der Waals surface area contributed by atoms with Crippen LogP contribution in [0, 0.1) is 0 Å². The standard InChI is InChI=1S/C13H17NO3/c1-9(2)17-11-5-3-10(4-6-11)13(15)14-7-12-8-16-12/h3-6,9,12H,7-8H2,1-2H3,(H,14,15). The van der Waals surface area contributed by atoms with Crippen molar-refractivity contribution in [2.24, 2.45) is 0 Å². The fourth-order valence-corrected chi connectivity index (χ4v) is 1.45. The Morgan fingerprint density at radius 1 is 1.47 bits per heavy atom. The minimum Gasteiger partial charge on any atom is -0.491 e. The summed E-state index contributed by atoms with van der Waals surface area (Å²) in [5.74, 6) is 0.707. The Morgan fingerprint density at radius 3 is 2.65 bits per heavy atom. The molecular formula is C13H17NO3. The Kier molecular flexibility index (Phi) is 3.64. The molecule has 1 aliphatic rings. The van der Waals surface area contributed by atoms with E-state index >= 15 is 0 Å². The first-order valence-electron chi connectivity index (χ1n) is 5.81. The minimum atomic E-state index is -0.0726. The van der Waals surface area contributed by atoms with Crippen LogP contribution >= 0.6 is 0 Å². The molecule has 2 rings (SSSR count). The molecule has 92 valence electrons. The molecule has 1 fully saturated rings. The predicted octanol–water partition coefficient (Wildman–Crippen LogP) is 1.60. The zero-order valence-electron chi connectivity index (χ0n) is 10.1. The van der Waals surface area contributed by atoms with Crippen LogP contribution in [0.5, 0.6) is 5.75 Å². The summed E-state index contributed by atoms with van der Waals surface area (Å²) >= 11 is 0. The maximum Gasteiger partial charge on any atom is 0.251 e. The number of carbonyl (C=O) groups is 1. The molecule has 0 saturated carbocycles. The van der Waals surface area contributed by atoms with Gasteiger partial charge in [0.25, 0.3) is 5.91 Å². The molecule has 1 amide bonds. The van der Waals surface area contributed by atoms with Crippen LogP contribution in [0.1, 0.15) is 24.2 Å². The number of ether oxygens (including phenoxy) is 2. The van der Waals surface area contributed by atoms with Crippen molar-refractivity contribution >= 4 is 5.91 Å². The maximum atomic E-state index is 11.7. The molecule has 4 heteroatoms. The molecule has 4 nitrogen and oxygen atoms in total. The minimum absolute atomic E-state index is 0.0726. The normalized spacial score (nSPS) is 17.9. The van der Waals surface area contributed by atoms with Gasteiger partial charge in [-0.2, -0.15) is 0 Å². The first-order valence-corrected chi connectivity index (χ1v) is 5.81. The van der Waals surface area contributed by atoms with Gasteiger partial charge in [0.15, 0.2) is 0 Å². The van der Waals surface area contributed by atoms with Crippen LogP contribution in [-0.2, 0) is 4.74 Å². The molecule has 1 heterocycles. The van der Waals surface area contributed by atoms with E-state index < -0.39 is 0 Å². The lowest BCUT2D eigenvalue weighted by Crippen LogP contribution is -2.27. The van der Waals surface area contributed by atoms with Crippen LogP contribution in [0.25, 0.3) is 0 Å². The fraction of sp³-hybridized carbons (Fsp3) is 0.462. The van der Waals surface area contributed by atoms with Crippen LogP contribution in [0.3, 0.4) is 0 Å². The van der Waals surface area contributed by atoms with E-state index in [2.05, 4.69) is 5.32 Å². The summed E-state index contributed by atoms with van der Waals surface area (Å²) in [5, 5.41) is 2.82. The SMILES string of the molecule is CC(C)Oc1ccc(C(=O)NCC2CO2)cc1. The van der Waals surface area contributed by atoms with Crippen LogP contribution < -0.4 is 10.1 Å². The summed E-state index contributed by atoms with van der Waals surface area (Å²) in [7, 11) is 0. The summed E-state index contributed by atoms with van der Waals surface area (Å²) < 4.78 is 10.5. The molecule has 0 bridgehead atoms. The third kappa shape index (κ3) is 3.75. The Bertz CT molecular complexity index is 382. The van der Waals surface area contributed by atoms with E-state index in [0.29, 0.717) is 12.1 Å². The average molecular weight is 235 g/mol. The summed E-state index contributed by atoms with van der Waals surface area (Å²) in [6.07, 6.45) is 0.351. The van der Waals surface area contributed by atoms with Crippen LogP contribution in [-0.4, -0.2) is 31.3 Å². The van der Waals surface area contributed by atoms with Crippen molar-refractivity contribution in [2.45, 2.75) is 26.1 Å². The number of nitrogens with one attached hydrogen (secondary N) is 1. The lowest BCUT2D eigenvalue weighted by atomic mass is 10.2. The van der Waals surface area contributed by atoms with Crippen molar-refractivity contribution in [3.05, 3.63) is 29.8 Å². The van der Waals surface area contributed by atoms with E-state index in [9.17, 15) is 4.79 Å². The predicted molar refractivity (Wildman–Crippen MR) is 64.3 cm³/mol. The van der Waals surface area contributed by atoms with Crippen molar-refractivity contribution in [3.63, 3.8) is 0 Å². The van der Waals surface area contributed by atoms with Gasteiger partial charge in [0.1, 0.15) is 5.75 Å². The number of rotatable bonds is 5. The van der Waals surface area contributed by atoms with Crippen molar-refractivity contribution in [3.8, 4) is 5.75 Å². The second-order valence-corrected chi connectivity index (χ2v) is 4.36. The van der Waals surface area contributed by atoms with Gasteiger partial charge in [-0.15, -0.1) is 0 Å². The molecule has 1 saturated heterocycles. The summed E-state index contributed by atoms with van der Waals surface area (Å²) in [4.78, 5) is 11.7. The summed E-state index contributed by atoms with van der Waals surface area (Å²) in [6.45, 7) is 5.27. The highest BCUT2D eigenvalue weighted by Crippen LogP contribution is 2.14. The first kappa shape index (κ1) is 11.9. The smallest absolute Gasteiger partial charge is 0.251 e. The van der Waals surface area contributed by atoms with Gasteiger partial charge in [0.2, 0.25) is 0 Å². The highest BCUT2D eigenvalue weighted by Gasteiger charge is 2.22. The lowest BCUT2D eigenvalue weighted by Gasteiger charge is -2.10. The van der Waals surface area contributed by atoms with Crippen molar-refractivity contribution in [1.29, 1.82) is 0 Å². The molecule has 1 aliphatic heterocycles. The van der Waals surface area contributed by atoms with Gasteiger partial charge < -0.3 is 14.8 Å². The number of carbonyl (C=O) groups excluding carboxylic acids is 1.